The molecular weight excluding hydrogens is 286 g/mol. The minimum Gasteiger partial charge on any atom is -0.351 e. The van der Waals surface area contributed by atoms with Crippen molar-refractivity contribution in [2.24, 2.45) is 5.73 Å². The monoisotopic (exact) mass is 303 g/mol. The van der Waals surface area contributed by atoms with Crippen LogP contribution in [0.4, 0.5) is 4.79 Å². The topological polar surface area (TPSA) is 75.4 Å². The van der Waals surface area contributed by atoms with Crippen molar-refractivity contribution >= 4 is 23.3 Å². The summed E-state index contributed by atoms with van der Waals surface area (Å²) in [7, 11) is 1.84. The molecule has 0 saturated carbocycles. The van der Waals surface area contributed by atoms with Crippen LogP contribution in [0.1, 0.15) is 17.2 Å². The maximum absolute atomic E-state index is 12.3. The van der Waals surface area contributed by atoms with Gasteiger partial charge in [-0.1, -0.05) is 30.3 Å². The van der Waals surface area contributed by atoms with Gasteiger partial charge in [-0.25, -0.2) is 4.79 Å². The molecule has 110 valence electrons. The molecule has 5 nitrogen and oxygen atoms in total. The Labute approximate surface area is 127 Å². The summed E-state index contributed by atoms with van der Waals surface area (Å²) < 4.78 is 0. The third kappa shape index (κ3) is 4.14. The number of imide groups is 1. The fraction of sp³-hybridized carbons (Fsp3) is 0.200. The Hall–Kier alpha value is -2.18. The van der Waals surface area contributed by atoms with Gasteiger partial charge in [0.1, 0.15) is 6.04 Å². The second-order valence-electron chi connectivity index (χ2n) is 4.71. The lowest BCUT2D eigenvalue weighted by Gasteiger charge is -2.26. The van der Waals surface area contributed by atoms with E-state index in [2.05, 4.69) is 5.32 Å². The average Bonchev–Trinajstić information content (AvgIpc) is 2.92. The molecule has 1 atom stereocenters. The quantitative estimate of drug-likeness (QED) is 0.888. The van der Waals surface area contributed by atoms with Crippen LogP contribution < -0.4 is 11.1 Å². The number of nitrogens with one attached hydrogen (secondary N) is 1. The lowest BCUT2D eigenvalue weighted by molar-refractivity contribution is -0.125. The predicted octanol–water partition coefficient (Wildman–Crippen LogP) is 2.12. The normalized spacial score (nSPS) is 12.1. The number of rotatable bonds is 5. The molecule has 1 heterocycles. The third-order valence-corrected chi connectivity index (χ3v) is 3.79. The molecule has 0 radical (unpaired) electrons. The molecule has 1 aromatic carbocycles. The Bertz CT molecular complexity index is 599. The summed E-state index contributed by atoms with van der Waals surface area (Å²) in [4.78, 5) is 25.1. The molecule has 2 rings (SSSR count). The summed E-state index contributed by atoms with van der Waals surface area (Å²) in [6, 6.07) is 9.91. The summed E-state index contributed by atoms with van der Waals surface area (Å²) in [5.41, 5.74) is 6.99. The zero-order valence-electron chi connectivity index (χ0n) is 11.7. The molecule has 0 aliphatic heterocycles. The zero-order chi connectivity index (χ0) is 15.2. The number of likely N-dealkylation sites (N-methyl/N-ethyl adjacent to an activating group) is 1. The first-order chi connectivity index (χ1) is 10.1. The molecule has 0 spiro atoms. The van der Waals surface area contributed by atoms with Crippen molar-refractivity contribution in [3.8, 4) is 0 Å². The lowest BCUT2D eigenvalue weighted by Crippen LogP contribution is -2.43. The maximum atomic E-state index is 12.3. The van der Waals surface area contributed by atoms with Gasteiger partial charge in [0.05, 0.1) is 0 Å². The van der Waals surface area contributed by atoms with Crippen LogP contribution in [0.2, 0.25) is 0 Å². The fourth-order valence-corrected chi connectivity index (χ4v) is 2.85. The molecule has 1 aromatic heterocycles. The van der Waals surface area contributed by atoms with Gasteiger partial charge in [0.25, 0.3) is 0 Å². The molecule has 0 aliphatic rings. The number of thiophene rings is 1. The summed E-state index contributed by atoms with van der Waals surface area (Å²) in [6.07, 6.45) is 0. The molecule has 0 bridgehead atoms. The third-order valence-electron chi connectivity index (χ3n) is 3.06. The highest BCUT2D eigenvalue weighted by Crippen LogP contribution is 2.22. The molecule has 0 saturated heterocycles. The number of benzene rings is 1. The van der Waals surface area contributed by atoms with Crippen LogP contribution in [-0.4, -0.2) is 23.9 Å². The average molecular weight is 303 g/mol. The van der Waals surface area contributed by atoms with Crippen molar-refractivity contribution in [3.05, 3.63) is 58.3 Å². The molecule has 21 heavy (non-hydrogen) atoms. The van der Waals surface area contributed by atoms with E-state index in [1.807, 2.05) is 59.1 Å². The largest absolute Gasteiger partial charge is 0.351 e. The second-order valence-corrected chi connectivity index (χ2v) is 5.49. The predicted molar refractivity (Wildman–Crippen MR) is 82.7 cm³/mol. The van der Waals surface area contributed by atoms with Crippen molar-refractivity contribution in [3.63, 3.8) is 0 Å². The van der Waals surface area contributed by atoms with Gasteiger partial charge < -0.3 is 5.73 Å². The maximum Gasteiger partial charge on any atom is 0.318 e. The Morgan fingerprint density at radius 3 is 2.57 bits per heavy atom. The van der Waals surface area contributed by atoms with Gasteiger partial charge in [-0.05, 0) is 35.0 Å². The van der Waals surface area contributed by atoms with Gasteiger partial charge in [0.2, 0.25) is 5.91 Å². The molecule has 0 unspecified atom stereocenters. The Kier molecular flexibility index (Phi) is 5.08. The molecular formula is C15H17N3O2S. The van der Waals surface area contributed by atoms with E-state index in [4.69, 9.17) is 5.73 Å². The number of primary amides is 1. The van der Waals surface area contributed by atoms with Gasteiger partial charge in [0.15, 0.2) is 0 Å². The van der Waals surface area contributed by atoms with Crippen molar-refractivity contribution in [2.45, 2.75) is 12.6 Å². The van der Waals surface area contributed by atoms with E-state index in [1.165, 1.54) is 0 Å². The lowest BCUT2D eigenvalue weighted by atomic mass is 10.0. The summed E-state index contributed by atoms with van der Waals surface area (Å²) in [5.74, 6) is -0.425. The van der Waals surface area contributed by atoms with Gasteiger partial charge >= 0.3 is 6.03 Å². The van der Waals surface area contributed by atoms with Crippen LogP contribution in [-0.2, 0) is 11.3 Å². The number of urea groups is 1. The van der Waals surface area contributed by atoms with Crippen molar-refractivity contribution in [2.75, 3.05) is 7.05 Å². The zero-order valence-corrected chi connectivity index (χ0v) is 12.5. The van der Waals surface area contributed by atoms with Gasteiger partial charge in [-0.2, -0.15) is 11.3 Å². The van der Waals surface area contributed by atoms with Crippen LogP contribution in [0.3, 0.4) is 0 Å². The summed E-state index contributed by atoms with van der Waals surface area (Å²) >= 11 is 1.61. The minimum absolute atomic E-state index is 0.425. The summed E-state index contributed by atoms with van der Waals surface area (Å²) in [5, 5.41) is 6.19. The highest BCUT2D eigenvalue weighted by Gasteiger charge is 2.26. The highest BCUT2D eigenvalue weighted by atomic mass is 32.1. The Morgan fingerprint density at radius 2 is 2.00 bits per heavy atom. The minimum atomic E-state index is -0.843. The van der Waals surface area contributed by atoms with E-state index in [9.17, 15) is 9.59 Å². The Morgan fingerprint density at radius 1 is 1.29 bits per heavy atom. The summed E-state index contributed by atoms with van der Waals surface area (Å²) in [6.45, 7) is 0.606. The Balaban J connectivity index is 2.22. The van der Waals surface area contributed by atoms with Gasteiger partial charge in [-0.15, -0.1) is 0 Å². The SMILES string of the molecule is CN(Cc1ccsc1)[C@@H](C(=O)NC(N)=O)c1ccccc1. The fourth-order valence-electron chi connectivity index (χ4n) is 2.19. The van der Waals surface area contributed by atoms with Crippen molar-refractivity contribution < 1.29 is 9.59 Å². The molecule has 3 amide bonds. The van der Waals surface area contributed by atoms with Crippen LogP contribution >= 0.6 is 11.3 Å². The first kappa shape index (κ1) is 15.2. The van der Waals surface area contributed by atoms with Crippen LogP contribution in [0, 0.1) is 0 Å². The number of hydrogen-bond acceptors (Lipinski definition) is 4. The van der Waals surface area contributed by atoms with Crippen molar-refractivity contribution in [1.82, 2.24) is 10.2 Å². The number of carbonyl (C=O) groups excluding carboxylic acids is 2. The second kappa shape index (κ2) is 7.01. The standard InChI is InChI=1S/C15H17N3O2S/c1-18(9-11-7-8-21-10-11)13(14(19)17-15(16)20)12-5-3-2-4-6-12/h2-8,10,13H,9H2,1H3,(H3,16,17,19,20)/t13-/m1/s1. The van der Waals surface area contributed by atoms with Crippen LogP contribution in [0.15, 0.2) is 47.2 Å². The highest BCUT2D eigenvalue weighted by molar-refractivity contribution is 7.07. The number of hydrogen-bond donors (Lipinski definition) is 2. The van der Waals surface area contributed by atoms with E-state index >= 15 is 0 Å². The van der Waals surface area contributed by atoms with Crippen LogP contribution in [0.5, 0.6) is 0 Å². The molecule has 0 aliphatic carbocycles. The molecule has 0 fully saturated rings. The van der Waals surface area contributed by atoms with Gasteiger partial charge in [0, 0.05) is 6.54 Å². The van der Waals surface area contributed by atoms with Gasteiger partial charge in [-0.3, -0.25) is 15.0 Å². The first-order valence-corrected chi connectivity index (χ1v) is 7.39. The van der Waals surface area contributed by atoms with E-state index in [0.29, 0.717) is 6.54 Å². The van der Waals surface area contributed by atoms with E-state index in [1.54, 1.807) is 11.3 Å². The number of amides is 3. The molecule has 3 N–H and O–H groups in total. The number of nitrogens with two attached hydrogens (primary N) is 1. The first-order valence-electron chi connectivity index (χ1n) is 6.44. The van der Waals surface area contributed by atoms with E-state index in [-0.39, 0.29) is 0 Å². The number of nitrogens with zero attached hydrogens (tertiary/aromatic N) is 1. The smallest absolute Gasteiger partial charge is 0.318 e. The number of carbonyl (C=O) groups is 2. The van der Waals surface area contributed by atoms with E-state index < -0.39 is 18.0 Å². The van der Waals surface area contributed by atoms with Crippen molar-refractivity contribution in [1.29, 1.82) is 0 Å². The van der Waals surface area contributed by atoms with Crippen LogP contribution in [0.25, 0.3) is 0 Å². The molecule has 6 heteroatoms. The molecule has 2 aromatic rings. The van der Waals surface area contributed by atoms with E-state index in [0.717, 1.165) is 11.1 Å².